The van der Waals surface area contributed by atoms with Gasteiger partial charge in [-0.3, -0.25) is 0 Å². The largest absolute Gasteiger partial charge is 0.508 e. The van der Waals surface area contributed by atoms with Crippen LogP contribution in [-0.2, 0) is 6.42 Å². The van der Waals surface area contributed by atoms with Gasteiger partial charge in [0.05, 0.1) is 5.69 Å². The van der Waals surface area contributed by atoms with Crippen molar-refractivity contribution >= 4 is 17.2 Å². The first kappa shape index (κ1) is 17.5. The molecule has 3 nitrogen and oxygen atoms in total. The van der Waals surface area contributed by atoms with Crippen molar-refractivity contribution in [3.05, 3.63) is 53.4 Å². The Morgan fingerprint density at radius 1 is 1.00 bits per heavy atom. The summed E-state index contributed by atoms with van der Waals surface area (Å²) >= 11 is 1.83. The van der Waals surface area contributed by atoms with Gasteiger partial charge >= 0.3 is 0 Å². The fraction of sp³-hybridized carbons (Fsp3) is 0.286. The van der Waals surface area contributed by atoms with E-state index in [0.29, 0.717) is 0 Å². The number of benzene rings is 1. The molecule has 3 rings (SSSR count). The molecule has 25 heavy (non-hydrogen) atoms. The first-order valence-corrected chi connectivity index (χ1v) is 9.65. The summed E-state index contributed by atoms with van der Waals surface area (Å²) in [6.07, 6.45) is 3.34. The van der Waals surface area contributed by atoms with Gasteiger partial charge in [0.25, 0.3) is 0 Å². The van der Waals surface area contributed by atoms with Gasteiger partial charge in [0.15, 0.2) is 0 Å². The molecule has 4 heteroatoms. The Morgan fingerprint density at radius 2 is 1.80 bits per heavy atom. The molecule has 0 spiro atoms. The standard InChI is InChI=1S/C21H24N2OS/c1-3-5-12-22-21-14-16(20-11-10-18(4-2)25-20)13-19(23-21)15-6-8-17(24)9-7-15/h6-11,13-14,24H,3-5,12H2,1-2H3,(H,22,23). The van der Waals surface area contributed by atoms with E-state index in [0.717, 1.165) is 42.9 Å². The summed E-state index contributed by atoms with van der Waals surface area (Å²) in [5, 5.41) is 13.0. The van der Waals surface area contributed by atoms with E-state index in [1.807, 2.05) is 23.5 Å². The molecule has 0 aliphatic rings. The number of hydrogen-bond donors (Lipinski definition) is 2. The van der Waals surface area contributed by atoms with E-state index in [1.54, 1.807) is 12.1 Å². The second-order valence-corrected chi connectivity index (χ2v) is 7.24. The third-order valence-corrected chi connectivity index (χ3v) is 5.40. The van der Waals surface area contributed by atoms with Crippen molar-refractivity contribution in [3.63, 3.8) is 0 Å². The van der Waals surface area contributed by atoms with E-state index in [2.05, 4.69) is 43.4 Å². The van der Waals surface area contributed by atoms with Gasteiger partial charge in [-0.15, -0.1) is 11.3 Å². The number of nitrogens with zero attached hydrogens (tertiary/aromatic N) is 1. The maximum Gasteiger partial charge on any atom is 0.127 e. The van der Waals surface area contributed by atoms with Crippen LogP contribution in [0.15, 0.2) is 48.5 Å². The summed E-state index contributed by atoms with van der Waals surface area (Å²) in [5.74, 6) is 1.17. The summed E-state index contributed by atoms with van der Waals surface area (Å²) in [6, 6.07) is 15.9. The lowest BCUT2D eigenvalue weighted by Crippen LogP contribution is -2.03. The van der Waals surface area contributed by atoms with Crippen LogP contribution in [0.1, 0.15) is 31.6 Å². The summed E-state index contributed by atoms with van der Waals surface area (Å²) in [5.41, 5.74) is 3.11. The van der Waals surface area contributed by atoms with Gasteiger partial charge in [-0.1, -0.05) is 20.3 Å². The molecule has 0 aliphatic carbocycles. The van der Waals surface area contributed by atoms with Crippen LogP contribution in [0.5, 0.6) is 5.75 Å². The molecule has 0 fully saturated rings. The summed E-state index contributed by atoms with van der Waals surface area (Å²) in [6.45, 7) is 5.29. The van der Waals surface area contributed by atoms with Crippen LogP contribution in [0.4, 0.5) is 5.82 Å². The molecule has 0 unspecified atom stereocenters. The monoisotopic (exact) mass is 352 g/mol. The summed E-state index contributed by atoms with van der Waals surface area (Å²) < 4.78 is 0. The highest BCUT2D eigenvalue weighted by Crippen LogP contribution is 2.33. The predicted molar refractivity (Wildman–Crippen MR) is 107 cm³/mol. The molecule has 3 aromatic rings. The van der Waals surface area contributed by atoms with Crippen molar-refractivity contribution in [2.75, 3.05) is 11.9 Å². The van der Waals surface area contributed by atoms with Crippen molar-refractivity contribution in [2.45, 2.75) is 33.1 Å². The lowest BCUT2D eigenvalue weighted by Gasteiger charge is -2.10. The molecular weight excluding hydrogens is 328 g/mol. The van der Waals surface area contributed by atoms with Crippen LogP contribution < -0.4 is 5.32 Å². The van der Waals surface area contributed by atoms with E-state index in [1.165, 1.54) is 15.3 Å². The molecule has 2 heterocycles. The highest BCUT2D eigenvalue weighted by molar-refractivity contribution is 7.15. The lowest BCUT2D eigenvalue weighted by atomic mass is 10.1. The Morgan fingerprint density at radius 3 is 2.48 bits per heavy atom. The van der Waals surface area contributed by atoms with Gasteiger partial charge in [-0.05, 0) is 66.9 Å². The Bertz CT molecular complexity index is 824. The minimum absolute atomic E-state index is 0.270. The number of aromatic nitrogens is 1. The van der Waals surface area contributed by atoms with E-state index < -0.39 is 0 Å². The molecule has 2 N–H and O–H groups in total. The number of nitrogens with one attached hydrogen (secondary N) is 1. The Labute approximate surface area is 153 Å². The number of aromatic hydroxyl groups is 1. The average molecular weight is 353 g/mol. The molecule has 0 bridgehead atoms. The molecule has 0 radical (unpaired) electrons. The van der Waals surface area contributed by atoms with Crippen LogP contribution in [0.25, 0.3) is 21.7 Å². The van der Waals surface area contributed by atoms with Crippen molar-refractivity contribution in [1.29, 1.82) is 0 Å². The Hall–Kier alpha value is -2.33. The zero-order valence-electron chi connectivity index (χ0n) is 14.7. The quantitative estimate of drug-likeness (QED) is 0.516. The topological polar surface area (TPSA) is 45.1 Å². The number of phenolic OH excluding ortho intramolecular Hbond substituents is 1. The van der Waals surface area contributed by atoms with E-state index in [-0.39, 0.29) is 5.75 Å². The zero-order chi connectivity index (χ0) is 17.6. The number of anilines is 1. The fourth-order valence-corrected chi connectivity index (χ4v) is 3.59. The summed E-state index contributed by atoms with van der Waals surface area (Å²) in [7, 11) is 0. The van der Waals surface area contributed by atoms with E-state index in [4.69, 9.17) is 4.98 Å². The van der Waals surface area contributed by atoms with Gasteiger partial charge in [0.2, 0.25) is 0 Å². The maximum atomic E-state index is 9.53. The number of pyridine rings is 1. The Kier molecular flexibility index (Phi) is 5.71. The highest BCUT2D eigenvalue weighted by Gasteiger charge is 2.09. The van der Waals surface area contributed by atoms with Gasteiger partial charge in [0, 0.05) is 21.9 Å². The predicted octanol–water partition coefficient (Wildman–Crippen LogP) is 5.96. The van der Waals surface area contributed by atoms with E-state index >= 15 is 0 Å². The first-order valence-electron chi connectivity index (χ1n) is 8.84. The third-order valence-electron chi connectivity index (χ3n) is 4.12. The number of hydrogen-bond acceptors (Lipinski definition) is 4. The van der Waals surface area contributed by atoms with Crippen molar-refractivity contribution in [3.8, 4) is 27.4 Å². The van der Waals surface area contributed by atoms with E-state index in [9.17, 15) is 5.11 Å². The number of thiophene rings is 1. The lowest BCUT2D eigenvalue weighted by molar-refractivity contribution is 0.475. The van der Waals surface area contributed by atoms with Crippen molar-refractivity contribution in [1.82, 2.24) is 4.98 Å². The molecule has 0 saturated heterocycles. The highest BCUT2D eigenvalue weighted by atomic mass is 32.1. The maximum absolute atomic E-state index is 9.53. The molecule has 0 atom stereocenters. The van der Waals surface area contributed by atoms with Gasteiger partial charge < -0.3 is 10.4 Å². The van der Waals surface area contributed by atoms with Gasteiger partial charge in [-0.25, -0.2) is 4.98 Å². The molecular formula is C21H24N2OS. The zero-order valence-corrected chi connectivity index (χ0v) is 15.6. The number of aryl methyl sites for hydroxylation is 1. The SMILES string of the molecule is CCCCNc1cc(-c2ccc(CC)s2)cc(-c2ccc(O)cc2)n1. The molecule has 0 aliphatic heterocycles. The Balaban J connectivity index is 1.99. The minimum atomic E-state index is 0.270. The van der Waals surface area contributed by atoms with Crippen LogP contribution in [0, 0.1) is 0 Å². The normalized spacial score (nSPS) is 10.8. The van der Waals surface area contributed by atoms with Crippen LogP contribution >= 0.6 is 11.3 Å². The average Bonchev–Trinajstić information content (AvgIpc) is 3.12. The second kappa shape index (κ2) is 8.17. The number of phenols is 1. The van der Waals surface area contributed by atoms with Crippen LogP contribution in [0.2, 0.25) is 0 Å². The summed E-state index contributed by atoms with van der Waals surface area (Å²) in [4.78, 5) is 7.42. The molecule has 130 valence electrons. The molecule has 2 aromatic heterocycles. The second-order valence-electron chi connectivity index (χ2n) is 6.07. The third kappa shape index (κ3) is 4.40. The molecule has 0 amide bonds. The van der Waals surface area contributed by atoms with Crippen molar-refractivity contribution in [2.24, 2.45) is 0 Å². The van der Waals surface area contributed by atoms with Crippen LogP contribution in [0.3, 0.4) is 0 Å². The first-order chi connectivity index (χ1) is 12.2. The van der Waals surface area contributed by atoms with Gasteiger partial charge in [-0.2, -0.15) is 0 Å². The molecule has 0 saturated carbocycles. The van der Waals surface area contributed by atoms with Gasteiger partial charge in [0.1, 0.15) is 11.6 Å². The minimum Gasteiger partial charge on any atom is -0.508 e. The number of rotatable bonds is 7. The van der Waals surface area contributed by atoms with Crippen LogP contribution in [-0.4, -0.2) is 16.6 Å². The number of unbranched alkanes of at least 4 members (excludes halogenated alkanes) is 1. The molecule has 1 aromatic carbocycles. The fourth-order valence-electron chi connectivity index (χ4n) is 2.66. The van der Waals surface area contributed by atoms with Crippen molar-refractivity contribution < 1.29 is 5.11 Å². The smallest absolute Gasteiger partial charge is 0.127 e.